The van der Waals surface area contributed by atoms with E-state index in [4.69, 9.17) is 21.1 Å². The molecule has 14 heavy (non-hydrogen) atoms. The van der Waals surface area contributed by atoms with Crippen LogP contribution in [0.4, 0.5) is 0 Å². The Labute approximate surface area is 92.9 Å². The van der Waals surface area contributed by atoms with Crippen LogP contribution in [0.5, 0.6) is 0 Å². The third-order valence-corrected chi connectivity index (χ3v) is 2.25. The summed E-state index contributed by atoms with van der Waals surface area (Å²) in [6, 6.07) is 0. The van der Waals surface area contributed by atoms with E-state index in [1.165, 1.54) is 25.7 Å². The molecule has 0 aliphatic rings. The molecule has 0 aromatic heterocycles. The van der Waals surface area contributed by atoms with Crippen molar-refractivity contribution in [3.8, 4) is 0 Å². The largest absolute Gasteiger partial charge is 0.340 e. The molecule has 0 atom stereocenters. The second kappa shape index (κ2) is 11.3. The summed E-state index contributed by atoms with van der Waals surface area (Å²) >= 11 is 5.79. The number of rotatable bonds is 10. The van der Waals surface area contributed by atoms with Crippen molar-refractivity contribution in [1.82, 2.24) is 0 Å². The summed E-state index contributed by atoms with van der Waals surface area (Å²) in [6.45, 7) is 5.74. The minimum absolute atomic E-state index is 0.552. The molecule has 0 fully saturated rings. The van der Waals surface area contributed by atoms with E-state index in [-0.39, 0.29) is 0 Å². The van der Waals surface area contributed by atoms with Crippen LogP contribution >= 0.6 is 11.6 Å². The maximum Gasteiger partial charge on any atom is 0.237 e. The molecule has 0 spiro atoms. The third-order valence-electron chi connectivity index (χ3n) is 1.99. The number of unbranched alkanes of at least 4 members (excludes halogenated alkanes) is 4. The molecule has 0 N–H and O–H groups in total. The van der Waals surface area contributed by atoms with Gasteiger partial charge in [0.25, 0.3) is 0 Å². The minimum Gasteiger partial charge on any atom is -0.340 e. The molecule has 0 rings (SSSR count). The van der Waals surface area contributed by atoms with Crippen LogP contribution in [0.2, 0.25) is 0 Å². The van der Waals surface area contributed by atoms with Crippen LogP contribution in [0.15, 0.2) is 0 Å². The molecule has 0 heterocycles. The van der Waals surface area contributed by atoms with Gasteiger partial charge < -0.3 is 9.47 Å². The zero-order valence-corrected chi connectivity index (χ0v) is 10.2. The molecule has 0 aromatic rings. The van der Waals surface area contributed by atoms with Crippen molar-refractivity contribution >= 4 is 11.6 Å². The van der Waals surface area contributed by atoms with E-state index >= 15 is 0 Å². The maximum atomic E-state index is 5.79. The van der Waals surface area contributed by atoms with Gasteiger partial charge in [0, 0.05) is 0 Å². The standard InChI is InChI=1S/C11H23ClO2/c1-3-5-7-9-13-11(12)14-10-8-6-4-2/h11H,3-10H2,1-2H3. The Bertz CT molecular complexity index is 97.5. The second-order valence-electron chi connectivity index (χ2n) is 3.43. The highest BCUT2D eigenvalue weighted by Gasteiger charge is 2.02. The quantitative estimate of drug-likeness (QED) is 0.317. The molecule has 0 saturated carbocycles. The average molecular weight is 223 g/mol. The van der Waals surface area contributed by atoms with Gasteiger partial charge in [0.15, 0.2) is 0 Å². The molecule has 0 aliphatic carbocycles. The van der Waals surface area contributed by atoms with Crippen LogP contribution in [-0.4, -0.2) is 19.0 Å². The van der Waals surface area contributed by atoms with Gasteiger partial charge in [0.1, 0.15) is 0 Å². The number of hydrogen-bond donors (Lipinski definition) is 0. The minimum atomic E-state index is -0.552. The molecular weight excluding hydrogens is 200 g/mol. The van der Waals surface area contributed by atoms with Crippen molar-refractivity contribution in [2.75, 3.05) is 13.2 Å². The number of halogens is 1. The summed E-state index contributed by atoms with van der Waals surface area (Å²) in [4.78, 5) is 0. The van der Waals surface area contributed by atoms with Gasteiger partial charge in [-0.1, -0.05) is 51.1 Å². The van der Waals surface area contributed by atoms with E-state index in [1.807, 2.05) is 0 Å². The molecular formula is C11H23ClO2. The lowest BCUT2D eigenvalue weighted by Crippen LogP contribution is -2.11. The SMILES string of the molecule is CCCCCOC(Cl)OCCCCC. The Hall–Kier alpha value is 0.210. The molecule has 0 amide bonds. The fraction of sp³-hybridized carbons (Fsp3) is 1.00. The van der Waals surface area contributed by atoms with Crippen molar-refractivity contribution in [1.29, 1.82) is 0 Å². The first-order valence-electron chi connectivity index (χ1n) is 5.68. The van der Waals surface area contributed by atoms with E-state index in [0.717, 1.165) is 12.8 Å². The molecule has 0 radical (unpaired) electrons. The number of hydrogen-bond acceptors (Lipinski definition) is 2. The van der Waals surface area contributed by atoms with Crippen LogP contribution in [0.25, 0.3) is 0 Å². The highest BCUT2D eigenvalue weighted by Crippen LogP contribution is 2.05. The van der Waals surface area contributed by atoms with Gasteiger partial charge in [0.2, 0.25) is 5.75 Å². The maximum absolute atomic E-state index is 5.79. The van der Waals surface area contributed by atoms with Crippen molar-refractivity contribution in [3.63, 3.8) is 0 Å². The first kappa shape index (κ1) is 14.2. The van der Waals surface area contributed by atoms with Gasteiger partial charge in [-0.25, -0.2) is 0 Å². The van der Waals surface area contributed by atoms with Crippen molar-refractivity contribution in [2.45, 2.75) is 58.1 Å². The lowest BCUT2D eigenvalue weighted by molar-refractivity contribution is -0.0893. The molecule has 0 aliphatic heterocycles. The van der Waals surface area contributed by atoms with Gasteiger partial charge in [-0.15, -0.1) is 0 Å². The highest BCUT2D eigenvalue weighted by atomic mass is 35.5. The molecule has 0 aromatic carbocycles. The van der Waals surface area contributed by atoms with Crippen molar-refractivity contribution in [3.05, 3.63) is 0 Å². The van der Waals surface area contributed by atoms with Gasteiger partial charge in [-0.3, -0.25) is 0 Å². The van der Waals surface area contributed by atoms with Crippen LogP contribution in [0.3, 0.4) is 0 Å². The van der Waals surface area contributed by atoms with E-state index in [2.05, 4.69) is 13.8 Å². The Morgan fingerprint density at radius 3 is 1.64 bits per heavy atom. The summed E-state index contributed by atoms with van der Waals surface area (Å²) in [5.74, 6) is -0.552. The van der Waals surface area contributed by atoms with Crippen molar-refractivity contribution in [2.24, 2.45) is 0 Å². The number of alkyl halides is 1. The smallest absolute Gasteiger partial charge is 0.237 e. The Kier molecular flexibility index (Phi) is 11.5. The summed E-state index contributed by atoms with van der Waals surface area (Å²) in [7, 11) is 0. The van der Waals surface area contributed by atoms with E-state index < -0.39 is 5.75 Å². The summed E-state index contributed by atoms with van der Waals surface area (Å²) in [6.07, 6.45) is 6.93. The molecule has 3 heteroatoms. The predicted molar refractivity (Wildman–Crippen MR) is 60.6 cm³/mol. The Balaban J connectivity index is 3.07. The first-order chi connectivity index (χ1) is 6.81. The lowest BCUT2D eigenvalue weighted by Gasteiger charge is -2.11. The average Bonchev–Trinajstić information content (AvgIpc) is 2.19. The van der Waals surface area contributed by atoms with Crippen LogP contribution in [-0.2, 0) is 9.47 Å². The summed E-state index contributed by atoms with van der Waals surface area (Å²) < 4.78 is 10.5. The normalized spacial score (nSPS) is 11.1. The lowest BCUT2D eigenvalue weighted by atomic mass is 10.3. The van der Waals surface area contributed by atoms with Crippen LogP contribution in [0, 0.1) is 0 Å². The van der Waals surface area contributed by atoms with E-state index in [1.54, 1.807) is 0 Å². The molecule has 0 bridgehead atoms. The zero-order chi connectivity index (χ0) is 10.6. The Morgan fingerprint density at radius 1 is 0.857 bits per heavy atom. The second-order valence-corrected chi connectivity index (χ2v) is 3.79. The summed E-state index contributed by atoms with van der Waals surface area (Å²) in [5, 5.41) is 0. The van der Waals surface area contributed by atoms with Crippen LogP contribution in [0.1, 0.15) is 52.4 Å². The van der Waals surface area contributed by atoms with E-state index in [9.17, 15) is 0 Å². The first-order valence-corrected chi connectivity index (χ1v) is 6.12. The monoisotopic (exact) mass is 222 g/mol. The topological polar surface area (TPSA) is 18.5 Å². The van der Waals surface area contributed by atoms with Gasteiger partial charge in [-0.05, 0) is 12.8 Å². The summed E-state index contributed by atoms with van der Waals surface area (Å²) in [5.41, 5.74) is 0. The third kappa shape index (κ3) is 10.3. The van der Waals surface area contributed by atoms with Crippen LogP contribution < -0.4 is 0 Å². The fourth-order valence-corrected chi connectivity index (χ4v) is 1.28. The molecule has 0 unspecified atom stereocenters. The highest BCUT2D eigenvalue weighted by molar-refractivity contribution is 6.18. The molecule has 86 valence electrons. The van der Waals surface area contributed by atoms with Gasteiger partial charge in [-0.2, -0.15) is 0 Å². The number of ether oxygens (including phenoxy) is 2. The predicted octanol–water partition coefficient (Wildman–Crippen LogP) is 3.92. The zero-order valence-electron chi connectivity index (χ0n) is 9.43. The van der Waals surface area contributed by atoms with Gasteiger partial charge in [0.05, 0.1) is 13.2 Å². The molecule has 0 saturated heterocycles. The fourth-order valence-electron chi connectivity index (χ4n) is 1.10. The Morgan fingerprint density at radius 2 is 1.29 bits per heavy atom. The van der Waals surface area contributed by atoms with Gasteiger partial charge >= 0.3 is 0 Å². The molecule has 2 nitrogen and oxygen atoms in total. The van der Waals surface area contributed by atoms with E-state index in [0.29, 0.717) is 13.2 Å². The van der Waals surface area contributed by atoms with Crippen molar-refractivity contribution < 1.29 is 9.47 Å².